The third kappa shape index (κ3) is 3.49. The molecule has 3 heterocycles. The Bertz CT molecular complexity index is 862. The molecule has 0 atom stereocenters. The largest absolute Gasteiger partial charge is 0.378 e. The van der Waals surface area contributed by atoms with Crippen molar-refractivity contribution in [3.63, 3.8) is 0 Å². The van der Waals surface area contributed by atoms with Crippen molar-refractivity contribution < 1.29 is 18.7 Å². The molecule has 2 aliphatic rings. The lowest BCUT2D eigenvalue weighted by Gasteiger charge is -2.51. The van der Waals surface area contributed by atoms with Gasteiger partial charge in [0.25, 0.3) is 5.91 Å². The van der Waals surface area contributed by atoms with Gasteiger partial charge in [-0.15, -0.1) is 0 Å². The molecule has 2 aromatic rings. The molecule has 0 saturated carbocycles. The van der Waals surface area contributed by atoms with Gasteiger partial charge in [-0.3, -0.25) is 14.6 Å². The maximum Gasteiger partial charge on any atom is 0.254 e. The minimum absolute atomic E-state index is 0.0298. The van der Waals surface area contributed by atoms with Crippen LogP contribution in [0, 0.1) is 11.2 Å². The number of halogens is 1. The highest BCUT2D eigenvalue weighted by Gasteiger charge is 2.52. The molecule has 2 fully saturated rings. The molecule has 0 unspecified atom stereocenters. The van der Waals surface area contributed by atoms with Gasteiger partial charge >= 0.3 is 0 Å². The predicted molar refractivity (Wildman–Crippen MR) is 100 cm³/mol. The summed E-state index contributed by atoms with van der Waals surface area (Å²) in [4.78, 5) is 33.4. The fourth-order valence-corrected chi connectivity index (χ4v) is 3.94. The van der Waals surface area contributed by atoms with Crippen molar-refractivity contribution in [3.8, 4) is 0 Å². The number of morpholine rings is 1. The Morgan fingerprint density at radius 2 is 1.71 bits per heavy atom. The topological polar surface area (TPSA) is 62.7 Å². The van der Waals surface area contributed by atoms with E-state index in [0.29, 0.717) is 37.4 Å². The summed E-state index contributed by atoms with van der Waals surface area (Å²) >= 11 is 0. The van der Waals surface area contributed by atoms with Crippen LogP contribution in [0.25, 0.3) is 0 Å². The highest BCUT2D eigenvalue weighted by Crippen LogP contribution is 2.38. The Kier molecular flexibility index (Phi) is 5.09. The molecule has 0 spiro atoms. The Balaban J connectivity index is 1.56. The van der Waals surface area contributed by atoms with E-state index in [0.717, 1.165) is 0 Å². The molecule has 2 saturated heterocycles. The second-order valence-electron chi connectivity index (χ2n) is 7.35. The first-order chi connectivity index (χ1) is 13.6. The zero-order valence-electron chi connectivity index (χ0n) is 15.5. The number of amides is 2. The molecular formula is C21H22FN3O3. The van der Waals surface area contributed by atoms with E-state index in [1.807, 2.05) is 0 Å². The predicted octanol–water partition coefficient (Wildman–Crippen LogP) is 1.76. The maximum absolute atomic E-state index is 14.3. The van der Waals surface area contributed by atoms with Gasteiger partial charge in [0, 0.05) is 44.1 Å². The number of benzene rings is 1. The van der Waals surface area contributed by atoms with Gasteiger partial charge < -0.3 is 14.5 Å². The second-order valence-corrected chi connectivity index (χ2v) is 7.35. The number of hydrogen-bond donors (Lipinski definition) is 0. The van der Waals surface area contributed by atoms with Crippen LogP contribution in [0.15, 0.2) is 48.8 Å². The smallest absolute Gasteiger partial charge is 0.254 e. The molecule has 4 rings (SSSR count). The molecule has 0 aliphatic carbocycles. The number of ether oxygens (including phenoxy) is 1. The van der Waals surface area contributed by atoms with Gasteiger partial charge in [0.2, 0.25) is 5.91 Å². The van der Waals surface area contributed by atoms with E-state index in [4.69, 9.17) is 4.74 Å². The van der Waals surface area contributed by atoms with Gasteiger partial charge in [0.1, 0.15) is 5.82 Å². The molecule has 28 heavy (non-hydrogen) atoms. The molecule has 0 bridgehead atoms. The summed E-state index contributed by atoms with van der Waals surface area (Å²) in [6.45, 7) is 2.60. The Labute approximate surface area is 162 Å². The van der Waals surface area contributed by atoms with Crippen molar-refractivity contribution in [2.75, 3.05) is 39.4 Å². The van der Waals surface area contributed by atoms with Crippen LogP contribution in [0.4, 0.5) is 4.39 Å². The van der Waals surface area contributed by atoms with Crippen LogP contribution in [0.1, 0.15) is 15.9 Å². The molecule has 6 nitrogen and oxygen atoms in total. The van der Waals surface area contributed by atoms with Gasteiger partial charge in [0.05, 0.1) is 18.6 Å². The van der Waals surface area contributed by atoms with Crippen LogP contribution in [-0.4, -0.2) is 66.0 Å². The number of hydrogen-bond acceptors (Lipinski definition) is 4. The molecule has 1 aromatic carbocycles. The normalized spacial score (nSPS) is 18.5. The fraction of sp³-hybridized carbons (Fsp3) is 0.381. The van der Waals surface area contributed by atoms with Crippen molar-refractivity contribution in [1.29, 1.82) is 0 Å². The van der Waals surface area contributed by atoms with Crippen LogP contribution in [0.3, 0.4) is 0 Å². The van der Waals surface area contributed by atoms with Gasteiger partial charge in [-0.05, 0) is 30.2 Å². The first-order valence-electron chi connectivity index (χ1n) is 9.39. The summed E-state index contributed by atoms with van der Waals surface area (Å²) < 4.78 is 19.6. The Morgan fingerprint density at radius 3 is 2.39 bits per heavy atom. The molecule has 7 heteroatoms. The second kappa shape index (κ2) is 7.67. The Hall–Kier alpha value is -2.80. The van der Waals surface area contributed by atoms with E-state index < -0.39 is 5.41 Å². The van der Waals surface area contributed by atoms with Crippen LogP contribution < -0.4 is 0 Å². The zero-order chi connectivity index (χ0) is 19.6. The quantitative estimate of drug-likeness (QED) is 0.807. The standard InChI is InChI=1S/C21H22FN3O3/c22-18-4-2-1-3-17(18)13-21(20(27)24-9-11-28-12-10-24)14-25(15-21)19(26)16-5-7-23-8-6-16/h1-8H,9-15H2. The van der Waals surface area contributed by atoms with Crippen LogP contribution in [-0.2, 0) is 16.0 Å². The summed E-state index contributed by atoms with van der Waals surface area (Å²) in [6, 6.07) is 9.82. The molecule has 1 aromatic heterocycles. The maximum atomic E-state index is 14.3. The van der Waals surface area contributed by atoms with Crippen molar-refractivity contribution in [2.45, 2.75) is 6.42 Å². The first kappa shape index (κ1) is 18.6. The summed E-state index contributed by atoms with van der Waals surface area (Å²) in [5.74, 6) is -0.491. The van der Waals surface area contributed by atoms with Gasteiger partial charge in [-0.1, -0.05) is 18.2 Å². The van der Waals surface area contributed by atoms with E-state index in [1.54, 1.807) is 52.5 Å². The average Bonchev–Trinajstić information content (AvgIpc) is 2.72. The monoisotopic (exact) mass is 383 g/mol. The SMILES string of the molecule is O=C(c1ccncc1)N1CC(Cc2ccccc2F)(C(=O)N2CCOCC2)C1. The summed E-state index contributed by atoms with van der Waals surface area (Å²) in [5.41, 5.74) is 0.232. The minimum atomic E-state index is -0.803. The number of pyridine rings is 1. The number of likely N-dealkylation sites (tertiary alicyclic amines) is 1. The highest BCUT2D eigenvalue weighted by molar-refractivity contribution is 5.97. The molecule has 146 valence electrons. The van der Waals surface area contributed by atoms with E-state index in [2.05, 4.69) is 4.98 Å². The molecule has 2 aliphatic heterocycles. The van der Waals surface area contributed by atoms with Gasteiger partial charge in [-0.2, -0.15) is 0 Å². The third-order valence-corrected chi connectivity index (χ3v) is 5.44. The lowest BCUT2D eigenvalue weighted by atomic mass is 9.73. The van der Waals surface area contributed by atoms with E-state index in [-0.39, 0.29) is 37.1 Å². The number of aromatic nitrogens is 1. The fourth-order valence-electron chi connectivity index (χ4n) is 3.94. The number of nitrogens with zero attached hydrogens (tertiary/aromatic N) is 3. The van der Waals surface area contributed by atoms with Crippen LogP contribution in [0.2, 0.25) is 0 Å². The van der Waals surface area contributed by atoms with E-state index >= 15 is 0 Å². The van der Waals surface area contributed by atoms with E-state index in [1.165, 1.54) is 6.07 Å². The van der Waals surface area contributed by atoms with E-state index in [9.17, 15) is 14.0 Å². The number of rotatable bonds is 4. The first-order valence-corrected chi connectivity index (χ1v) is 9.39. The molecule has 0 radical (unpaired) electrons. The summed E-state index contributed by atoms with van der Waals surface area (Å²) in [6.07, 6.45) is 3.41. The lowest BCUT2D eigenvalue weighted by molar-refractivity contribution is -0.155. The summed E-state index contributed by atoms with van der Waals surface area (Å²) in [5, 5.41) is 0. The lowest BCUT2D eigenvalue weighted by Crippen LogP contribution is -2.66. The van der Waals surface area contributed by atoms with Crippen LogP contribution >= 0.6 is 0 Å². The molecule has 0 N–H and O–H groups in total. The van der Waals surface area contributed by atoms with Crippen molar-refractivity contribution >= 4 is 11.8 Å². The van der Waals surface area contributed by atoms with Crippen molar-refractivity contribution in [3.05, 3.63) is 65.7 Å². The third-order valence-electron chi connectivity index (χ3n) is 5.44. The van der Waals surface area contributed by atoms with Crippen molar-refractivity contribution in [2.24, 2.45) is 5.41 Å². The highest BCUT2D eigenvalue weighted by atomic mass is 19.1. The minimum Gasteiger partial charge on any atom is -0.378 e. The summed E-state index contributed by atoms with van der Waals surface area (Å²) in [7, 11) is 0. The number of carbonyl (C=O) groups excluding carboxylic acids is 2. The Morgan fingerprint density at radius 1 is 1.04 bits per heavy atom. The van der Waals surface area contributed by atoms with Gasteiger partial charge in [0.15, 0.2) is 0 Å². The number of carbonyl (C=O) groups is 2. The van der Waals surface area contributed by atoms with Gasteiger partial charge in [-0.25, -0.2) is 4.39 Å². The van der Waals surface area contributed by atoms with Crippen LogP contribution in [0.5, 0.6) is 0 Å². The average molecular weight is 383 g/mol. The molecule has 2 amide bonds. The zero-order valence-corrected chi connectivity index (χ0v) is 15.5. The van der Waals surface area contributed by atoms with Crippen molar-refractivity contribution in [1.82, 2.24) is 14.8 Å². The molecular weight excluding hydrogens is 361 g/mol.